The van der Waals surface area contributed by atoms with E-state index < -0.39 is 0 Å². The molecule has 1 saturated heterocycles. The molecular formula is C18H17N5O2S. The number of hydrogen-bond donors (Lipinski definition) is 2. The van der Waals surface area contributed by atoms with Gasteiger partial charge in [-0.2, -0.15) is 8.75 Å². The van der Waals surface area contributed by atoms with Crippen LogP contribution < -0.4 is 15.5 Å². The van der Waals surface area contributed by atoms with Crippen molar-refractivity contribution in [2.24, 2.45) is 0 Å². The van der Waals surface area contributed by atoms with Gasteiger partial charge in [0.1, 0.15) is 11.0 Å². The first kappa shape index (κ1) is 16.5. The summed E-state index contributed by atoms with van der Waals surface area (Å²) in [5.41, 5.74) is 4.91. The van der Waals surface area contributed by atoms with Gasteiger partial charge in [0, 0.05) is 30.9 Å². The number of urea groups is 1. The van der Waals surface area contributed by atoms with E-state index in [0.29, 0.717) is 25.2 Å². The van der Waals surface area contributed by atoms with E-state index in [1.54, 1.807) is 17.0 Å². The molecule has 1 aliphatic heterocycles. The van der Waals surface area contributed by atoms with Gasteiger partial charge in [-0.25, -0.2) is 4.79 Å². The number of carbonyl (C=O) groups excluding carboxylic acids is 2. The summed E-state index contributed by atoms with van der Waals surface area (Å²) >= 11 is 1.17. The maximum Gasteiger partial charge on any atom is 0.322 e. The second-order valence-electron chi connectivity index (χ2n) is 6.15. The Bertz CT molecular complexity index is 1000. The van der Waals surface area contributed by atoms with Crippen molar-refractivity contribution in [3.05, 3.63) is 53.1 Å². The monoisotopic (exact) mass is 367 g/mol. The summed E-state index contributed by atoms with van der Waals surface area (Å²) in [4.78, 5) is 26.1. The van der Waals surface area contributed by atoms with Gasteiger partial charge in [0.25, 0.3) is 5.91 Å². The van der Waals surface area contributed by atoms with Crippen LogP contribution >= 0.6 is 11.7 Å². The Balaban J connectivity index is 1.49. The van der Waals surface area contributed by atoms with Crippen molar-refractivity contribution in [1.29, 1.82) is 0 Å². The summed E-state index contributed by atoms with van der Waals surface area (Å²) in [6.45, 7) is 3.55. The number of anilines is 1. The molecule has 0 spiro atoms. The van der Waals surface area contributed by atoms with Crippen molar-refractivity contribution in [1.82, 2.24) is 19.4 Å². The Morgan fingerprint density at radius 1 is 1.23 bits per heavy atom. The van der Waals surface area contributed by atoms with Gasteiger partial charge in [0.15, 0.2) is 0 Å². The van der Waals surface area contributed by atoms with E-state index in [0.717, 1.165) is 27.8 Å². The Labute approximate surface area is 154 Å². The van der Waals surface area contributed by atoms with Crippen LogP contribution in [-0.4, -0.2) is 33.8 Å². The highest BCUT2D eigenvalue weighted by atomic mass is 32.1. The van der Waals surface area contributed by atoms with Crippen molar-refractivity contribution in [3.8, 4) is 0 Å². The standard InChI is InChI=1S/C18H17N5O2S/c1-11-2-4-13(9-16(11)23-7-6-19-18(23)25)17(24)20-10-12-3-5-14-15(8-12)22-26-21-14/h2-5,8-9H,6-7,10H2,1H3,(H,19,25)(H,20,24). The fourth-order valence-electron chi connectivity index (χ4n) is 2.96. The minimum absolute atomic E-state index is 0.129. The van der Waals surface area contributed by atoms with Crippen LogP contribution in [0.15, 0.2) is 36.4 Å². The van der Waals surface area contributed by atoms with Crippen LogP contribution in [0.25, 0.3) is 11.0 Å². The Hall–Kier alpha value is -3.00. The van der Waals surface area contributed by atoms with Gasteiger partial charge in [-0.3, -0.25) is 9.69 Å². The van der Waals surface area contributed by atoms with E-state index in [4.69, 9.17) is 0 Å². The highest BCUT2D eigenvalue weighted by Gasteiger charge is 2.23. The summed E-state index contributed by atoms with van der Waals surface area (Å²) in [7, 11) is 0. The number of hydrogen-bond acceptors (Lipinski definition) is 5. The molecule has 3 amide bonds. The molecule has 1 aromatic heterocycles. The summed E-state index contributed by atoms with van der Waals surface area (Å²) in [6, 6.07) is 11.0. The lowest BCUT2D eigenvalue weighted by Crippen LogP contribution is -2.29. The number of carbonyl (C=O) groups is 2. The summed E-state index contributed by atoms with van der Waals surface area (Å²) in [6.07, 6.45) is 0. The maximum absolute atomic E-state index is 12.5. The third kappa shape index (κ3) is 3.11. The number of aryl methyl sites for hydroxylation is 1. The number of benzene rings is 2. The third-order valence-corrected chi connectivity index (χ3v) is 4.95. The maximum atomic E-state index is 12.5. The molecule has 1 aliphatic rings. The van der Waals surface area contributed by atoms with Crippen molar-refractivity contribution in [2.45, 2.75) is 13.5 Å². The minimum Gasteiger partial charge on any atom is -0.348 e. The molecular weight excluding hydrogens is 350 g/mol. The van der Waals surface area contributed by atoms with E-state index in [2.05, 4.69) is 19.4 Å². The van der Waals surface area contributed by atoms with Crippen LogP contribution in [0, 0.1) is 6.92 Å². The molecule has 3 aromatic rings. The average Bonchev–Trinajstić information content (AvgIpc) is 3.28. The van der Waals surface area contributed by atoms with Crippen molar-refractivity contribution < 1.29 is 9.59 Å². The Morgan fingerprint density at radius 3 is 2.88 bits per heavy atom. The SMILES string of the molecule is Cc1ccc(C(=O)NCc2ccc3nsnc3c2)cc1N1CCNC1=O. The number of amides is 3. The topological polar surface area (TPSA) is 87.2 Å². The normalized spacial score (nSPS) is 13.9. The van der Waals surface area contributed by atoms with Crippen LogP contribution in [0.2, 0.25) is 0 Å². The Kier molecular flexibility index (Phi) is 4.26. The number of aromatic nitrogens is 2. The third-order valence-electron chi connectivity index (χ3n) is 4.39. The number of rotatable bonds is 4. The smallest absolute Gasteiger partial charge is 0.322 e. The molecule has 0 atom stereocenters. The quantitative estimate of drug-likeness (QED) is 0.742. The van der Waals surface area contributed by atoms with Crippen LogP contribution in [0.4, 0.5) is 10.5 Å². The van der Waals surface area contributed by atoms with Gasteiger partial charge in [-0.15, -0.1) is 0 Å². The molecule has 132 valence electrons. The van der Waals surface area contributed by atoms with Crippen LogP contribution in [0.5, 0.6) is 0 Å². The summed E-state index contributed by atoms with van der Waals surface area (Å²) < 4.78 is 8.38. The molecule has 7 nitrogen and oxygen atoms in total. The number of nitrogens with zero attached hydrogens (tertiary/aromatic N) is 3. The van der Waals surface area contributed by atoms with Gasteiger partial charge in [-0.05, 0) is 42.3 Å². The lowest BCUT2D eigenvalue weighted by atomic mass is 10.1. The zero-order valence-corrected chi connectivity index (χ0v) is 15.0. The molecule has 0 radical (unpaired) electrons. The molecule has 8 heteroatoms. The highest BCUT2D eigenvalue weighted by Crippen LogP contribution is 2.23. The predicted octanol–water partition coefficient (Wildman–Crippen LogP) is 2.46. The van der Waals surface area contributed by atoms with Gasteiger partial charge in [0.2, 0.25) is 0 Å². The largest absolute Gasteiger partial charge is 0.348 e. The lowest BCUT2D eigenvalue weighted by Gasteiger charge is -2.18. The predicted molar refractivity (Wildman–Crippen MR) is 101 cm³/mol. The molecule has 0 saturated carbocycles. The van der Waals surface area contributed by atoms with Crippen LogP contribution in [0.1, 0.15) is 21.5 Å². The fourth-order valence-corrected chi connectivity index (χ4v) is 3.48. The second kappa shape index (κ2) is 6.72. The van der Waals surface area contributed by atoms with Gasteiger partial charge in [-0.1, -0.05) is 12.1 Å². The van der Waals surface area contributed by atoms with E-state index in [1.807, 2.05) is 31.2 Å². The average molecular weight is 367 g/mol. The van der Waals surface area contributed by atoms with Crippen LogP contribution in [0.3, 0.4) is 0 Å². The van der Waals surface area contributed by atoms with Crippen LogP contribution in [-0.2, 0) is 6.54 Å². The lowest BCUT2D eigenvalue weighted by molar-refractivity contribution is 0.0951. The molecule has 2 N–H and O–H groups in total. The second-order valence-corrected chi connectivity index (χ2v) is 6.68. The molecule has 1 fully saturated rings. The van der Waals surface area contributed by atoms with E-state index in [9.17, 15) is 9.59 Å². The molecule has 0 bridgehead atoms. The minimum atomic E-state index is -0.178. The van der Waals surface area contributed by atoms with Crippen molar-refractivity contribution in [3.63, 3.8) is 0 Å². The van der Waals surface area contributed by atoms with Gasteiger partial charge >= 0.3 is 6.03 Å². The summed E-state index contributed by atoms with van der Waals surface area (Å²) in [5, 5.41) is 5.70. The molecule has 0 unspecified atom stereocenters. The first-order chi connectivity index (χ1) is 12.6. The van der Waals surface area contributed by atoms with E-state index >= 15 is 0 Å². The fraction of sp³-hybridized carbons (Fsp3) is 0.222. The number of nitrogens with one attached hydrogen (secondary N) is 2. The van der Waals surface area contributed by atoms with Crippen molar-refractivity contribution >= 4 is 40.4 Å². The van der Waals surface area contributed by atoms with Crippen molar-refractivity contribution in [2.75, 3.05) is 18.0 Å². The molecule has 0 aliphatic carbocycles. The first-order valence-corrected chi connectivity index (χ1v) is 9.00. The highest BCUT2D eigenvalue weighted by molar-refractivity contribution is 7.00. The zero-order valence-electron chi connectivity index (χ0n) is 14.2. The van der Waals surface area contributed by atoms with E-state index in [1.165, 1.54) is 11.7 Å². The molecule has 2 heterocycles. The zero-order chi connectivity index (χ0) is 18.1. The first-order valence-electron chi connectivity index (χ1n) is 8.27. The van der Waals surface area contributed by atoms with Gasteiger partial charge < -0.3 is 10.6 Å². The Morgan fingerprint density at radius 2 is 2.08 bits per heavy atom. The summed E-state index contributed by atoms with van der Waals surface area (Å²) in [5.74, 6) is -0.178. The molecule has 2 aromatic carbocycles. The molecule has 26 heavy (non-hydrogen) atoms. The number of fused-ring (bicyclic) bond motifs is 1. The van der Waals surface area contributed by atoms with Gasteiger partial charge in [0.05, 0.1) is 11.7 Å². The van der Waals surface area contributed by atoms with E-state index in [-0.39, 0.29) is 11.9 Å². The molecule has 4 rings (SSSR count).